The molecule has 2 aromatic rings. The molecule has 26 heavy (non-hydrogen) atoms. The zero-order valence-corrected chi connectivity index (χ0v) is 15.2. The van der Waals surface area contributed by atoms with Gasteiger partial charge in [-0.05, 0) is 24.1 Å². The van der Waals surface area contributed by atoms with Crippen molar-refractivity contribution in [3.8, 4) is 0 Å². The number of hydrogen-bond donors (Lipinski definition) is 1. The van der Waals surface area contributed by atoms with Gasteiger partial charge in [0.1, 0.15) is 10.7 Å². The van der Waals surface area contributed by atoms with Crippen molar-refractivity contribution in [2.75, 3.05) is 19.6 Å². The Morgan fingerprint density at radius 1 is 1.00 bits per heavy atom. The predicted molar refractivity (Wildman–Crippen MR) is 94.1 cm³/mol. The van der Waals surface area contributed by atoms with E-state index in [0.29, 0.717) is 6.07 Å². The number of nitrogens with two attached hydrogens (primary N) is 1. The van der Waals surface area contributed by atoms with Crippen molar-refractivity contribution in [3.63, 3.8) is 0 Å². The van der Waals surface area contributed by atoms with Gasteiger partial charge >= 0.3 is 0 Å². The first-order valence-electron chi connectivity index (χ1n) is 7.74. The minimum absolute atomic E-state index is 0. The van der Waals surface area contributed by atoms with Gasteiger partial charge in [-0.1, -0.05) is 30.3 Å². The Labute approximate surface area is 156 Å². The first-order chi connectivity index (χ1) is 11.8. The standard InChI is InChI=1S/C17H17F3N2O2S.ClH/c18-14-6-16(20)17(7-15(14)19)25(23,24)22-9-12(8-21)13(10-22)11-4-2-1-3-5-11;/h1-7,12-13H,8-10,21H2;1H/t12-,13+;/m1./s1. The van der Waals surface area contributed by atoms with Crippen LogP contribution in [0.1, 0.15) is 11.5 Å². The normalized spacial score (nSPS) is 20.8. The van der Waals surface area contributed by atoms with E-state index < -0.39 is 32.4 Å². The van der Waals surface area contributed by atoms with Gasteiger partial charge in [0.25, 0.3) is 0 Å². The fraction of sp³-hybridized carbons (Fsp3) is 0.294. The van der Waals surface area contributed by atoms with Crippen molar-refractivity contribution in [1.29, 1.82) is 0 Å². The molecule has 0 unspecified atom stereocenters. The second-order valence-corrected chi connectivity index (χ2v) is 7.94. The van der Waals surface area contributed by atoms with Crippen molar-refractivity contribution in [2.24, 2.45) is 11.7 Å². The summed E-state index contributed by atoms with van der Waals surface area (Å²) in [5.74, 6) is -4.44. The second kappa shape index (κ2) is 7.96. The highest BCUT2D eigenvalue weighted by Gasteiger charge is 2.40. The third-order valence-corrected chi connectivity index (χ3v) is 6.38. The lowest BCUT2D eigenvalue weighted by Crippen LogP contribution is -2.30. The Hall–Kier alpha value is -1.61. The van der Waals surface area contributed by atoms with Gasteiger partial charge in [-0.2, -0.15) is 4.31 Å². The van der Waals surface area contributed by atoms with Crippen molar-refractivity contribution >= 4 is 22.4 Å². The smallest absolute Gasteiger partial charge is 0.246 e. The van der Waals surface area contributed by atoms with E-state index in [1.165, 1.54) is 0 Å². The van der Waals surface area contributed by atoms with Gasteiger partial charge in [-0.25, -0.2) is 21.6 Å². The van der Waals surface area contributed by atoms with Gasteiger partial charge in [0.2, 0.25) is 10.0 Å². The van der Waals surface area contributed by atoms with Crippen molar-refractivity contribution in [1.82, 2.24) is 4.31 Å². The average Bonchev–Trinajstić information content (AvgIpc) is 3.04. The fourth-order valence-corrected chi connectivity index (χ4v) is 4.77. The summed E-state index contributed by atoms with van der Waals surface area (Å²) in [4.78, 5) is -0.865. The van der Waals surface area contributed by atoms with E-state index in [0.717, 1.165) is 9.87 Å². The summed E-state index contributed by atoms with van der Waals surface area (Å²) >= 11 is 0. The summed E-state index contributed by atoms with van der Waals surface area (Å²) in [5, 5.41) is 0. The van der Waals surface area contributed by atoms with Crippen molar-refractivity contribution in [3.05, 3.63) is 65.5 Å². The van der Waals surface area contributed by atoms with E-state index in [-0.39, 0.29) is 49.9 Å². The fourth-order valence-electron chi connectivity index (χ4n) is 3.19. The Balaban J connectivity index is 0.00000243. The highest BCUT2D eigenvalue weighted by Crippen LogP contribution is 2.35. The number of sulfonamides is 1. The molecule has 142 valence electrons. The number of halogens is 4. The molecule has 0 bridgehead atoms. The van der Waals surface area contributed by atoms with Crippen LogP contribution in [0.2, 0.25) is 0 Å². The van der Waals surface area contributed by atoms with E-state index in [1.807, 2.05) is 30.3 Å². The molecular formula is C17H18ClF3N2O2S. The molecule has 1 aliphatic rings. The molecule has 0 saturated carbocycles. The maximum atomic E-state index is 13.9. The highest BCUT2D eigenvalue weighted by atomic mass is 35.5. The first-order valence-corrected chi connectivity index (χ1v) is 9.18. The topological polar surface area (TPSA) is 63.4 Å². The van der Waals surface area contributed by atoms with E-state index in [2.05, 4.69) is 0 Å². The van der Waals surface area contributed by atoms with E-state index in [4.69, 9.17) is 5.73 Å². The van der Waals surface area contributed by atoms with Crippen molar-refractivity contribution < 1.29 is 21.6 Å². The van der Waals surface area contributed by atoms with Crippen LogP contribution in [0.25, 0.3) is 0 Å². The predicted octanol–water partition coefficient (Wildman–Crippen LogP) is 2.89. The largest absolute Gasteiger partial charge is 0.330 e. The molecule has 4 nitrogen and oxygen atoms in total. The summed E-state index contributed by atoms with van der Waals surface area (Å²) in [5.41, 5.74) is 6.71. The zero-order chi connectivity index (χ0) is 18.2. The minimum Gasteiger partial charge on any atom is -0.330 e. The third-order valence-electron chi connectivity index (χ3n) is 4.53. The lowest BCUT2D eigenvalue weighted by molar-refractivity contribution is 0.446. The van der Waals surface area contributed by atoms with E-state index in [9.17, 15) is 21.6 Å². The summed E-state index contributed by atoms with van der Waals surface area (Å²) < 4.78 is 67.0. The van der Waals surface area contributed by atoms with Crippen LogP contribution in [0, 0.1) is 23.4 Å². The van der Waals surface area contributed by atoms with Crippen LogP contribution in [0.5, 0.6) is 0 Å². The molecule has 3 rings (SSSR count). The van der Waals surface area contributed by atoms with Crippen LogP contribution in [-0.4, -0.2) is 32.4 Å². The number of rotatable bonds is 4. The van der Waals surface area contributed by atoms with Gasteiger partial charge in [-0.15, -0.1) is 12.4 Å². The third kappa shape index (κ3) is 3.73. The molecule has 0 spiro atoms. The maximum absolute atomic E-state index is 13.9. The Kier molecular flexibility index (Phi) is 6.33. The van der Waals surface area contributed by atoms with Gasteiger partial charge in [0.15, 0.2) is 11.6 Å². The zero-order valence-electron chi connectivity index (χ0n) is 13.6. The molecular weight excluding hydrogens is 389 g/mol. The Morgan fingerprint density at radius 2 is 1.62 bits per heavy atom. The molecule has 2 aromatic carbocycles. The maximum Gasteiger partial charge on any atom is 0.246 e. The molecule has 0 amide bonds. The van der Waals surface area contributed by atoms with Gasteiger partial charge in [0, 0.05) is 25.1 Å². The average molecular weight is 407 g/mol. The summed E-state index contributed by atoms with van der Waals surface area (Å²) in [6.45, 7) is 0.454. The number of benzene rings is 2. The van der Waals surface area contributed by atoms with Crippen LogP contribution in [0.4, 0.5) is 13.2 Å². The van der Waals surface area contributed by atoms with Crippen LogP contribution in [-0.2, 0) is 10.0 Å². The molecule has 9 heteroatoms. The van der Waals surface area contributed by atoms with Crippen molar-refractivity contribution in [2.45, 2.75) is 10.8 Å². The molecule has 1 saturated heterocycles. The van der Waals surface area contributed by atoms with Crippen LogP contribution < -0.4 is 5.73 Å². The summed E-state index contributed by atoms with van der Waals surface area (Å²) in [7, 11) is -4.30. The lowest BCUT2D eigenvalue weighted by Gasteiger charge is -2.17. The van der Waals surface area contributed by atoms with E-state index >= 15 is 0 Å². The molecule has 0 aromatic heterocycles. The summed E-state index contributed by atoms with van der Waals surface area (Å²) in [6.07, 6.45) is 0. The SMILES string of the molecule is Cl.NC[C@@H]1CN(S(=O)(=O)c2cc(F)c(F)cc2F)C[C@H]1c1ccccc1. The molecule has 2 atom stereocenters. The Morgan fingerprint density at radius 3 is 2.23 bits per heavy atom. The lowest BCUT2D eigenvalue weighted by atomic mass is 9.89. The highest BCUT2D eigenvalue weighted by molar-refractivity contribution is 7.89. The number of nitrogens with zero attached hydrogens (tertiary/aromatic N) is 1. The minimum atomic E-state index is -4.30. The summed E-state index contributed by atoms with van der Waals surface area (Å²) in [6, 6.07) is 9.91. The first kappa shape index (κ1) is 20.7. The second-order valence-electron chi connectivity index (χ2n) is 6.03. The van der Waals surface area contributed by atoms with Gasteiger partial charge in [0.05, 0.1) is 0 Å². The molecule has 1 aliphatic heterocycles. The quantitative estimate of drug-likeness (QED) is 0.794. The molecule has 2 N–H and O–H groups in total. The van der Waals surface area contributed by atoms with Crippen LogP contribution >= 0.6 is 12.4 Å². The monoisotopic (exact) mass is 406 g/mol. The number of hydrogen-bond acceptors (Lipinski definition) is 3. The molecule has 1 heterocycles. The van der Waals surface area contributed by atoms with Crippen LogP contribution in [0.15, 0.2) is 47.4 Å². The van der Waals surface area contributed by atoms with Crippen LogP contribution in [0.3, 0.4) is 0 Å². The van der Waals surface area contributed by atoms with Gasteiger partial charge < -0.3 is 5.73 Å². The molecule has 0 radical (unpaired) electrons. The molecule has 1 fully saturated rings. The molecule has 0 aliphatic carbocycles. The van der Waals surface area contributed by atoms with E-state index in [1.54, 1.807) is 0 Å². The van der Waals surface area contributed by atoms with Gasteiger partial charge in [-0.3, -0.25) is 0 Å². The Bertz CT molecular complexity index is 881.